The van der Waals surface area contributed by atoms with E-state index in [0.29, 0.717) is 24.3 Å². The number of benzene rings is 1. The maximum Gasteiger partial charge on any atom is 0.243 e. The molecule has 2 rings (SSSR count). The lowest BCUT2D eigenvalue weighted by Crippen LogP contribution is -2.46. The number of nitrogens with zero attached hydrogens (tertiary/aromatic N) is 1. The first-order chi connectivity index (χ1) is 11.4. The molecule has 1 aliphatic heterocycles. The van der Waals surface area contributed by atoms with Gasteiger partial charge in [0.25, 0.3) is 0 Å². The first-order valence-corrected chi connectivity index (χ1v) is 8.12. The zero-order valence-electron chi connectivity index (χ0n) is 14.5. The van der Waals surface area contributed by atoms with Gasteiger partial charge in [-0.25, -0.2) is 0 Å². The Morgan fingerprint density at radius 2 is 1.96 bits per heavy atom. The van der Waals surface area contributed by atoms with Gasteiger partial charge in [-0.2, -0.15) is 0 Å². The van der Waals surface area contributed by atoms with Crippen LogP contribution in [-0.4, -0.2) is 36.9 Å². The molecule has 25 heavy (non-hydrogen) atoms. The average molecular weight is 369 g/mol. The summed E-state index contributed by atoms with van der Waals surface area (Å²) in [6.45, 7) is 4.16. The topological polar surface area (TPSA) is 105 Å². The van der Waals surface area contributed by atoms with Crippen LogP contribution in [0.4, 0.5) is 11.4 Å². The van der Waals surface area contributed by atoms with Crippen molar-refractivity contribution in [3.05, 3.63) is 24.3 Å². The third kappa shape index (κ3) is 5.44. The Labute approximate surface area is 153 Å². The van der Waals surface area contributed by atoms with Gasteiger partial charge >= 0.3 is 0 Å². The Morgan fingerprint density at radius 1 is 1.28 bits per heavy atom. The Hall–Kier alpha value is -2.12. The van der Waals surface area contributed by atoms with Gasteiger partial charge in [0.05, 0.1) is 24.0 Å². The van der Waals surface area contributed by atoms with E-state index >= 15 is 0 Å². The molecule has 4 N–H and O–H groups in total. The van der Waals surface area contributed by atoms with Crippen LogP contribution >= 0.6 is 12.4 Å². The van der Waals surface area contributed by atoms with Gasteiger partial charge < -0.3 is 21.3 Å². The van der Waals surface area contributed by atoms with E-state index in [-0.39, 0.29) is 42.6 Å². The minimum absolute atomic E-state index is 0. The first kappa shape index (κ1) is 20.9. The number of carbonyl (C=O) groups is 3. The molecule has 1 aromatic carbocycles. The van der Waals surface area contributed by atoms with Crippen molar-refractivity contribution in [2.75, 3.05) is 23.3 Å². The van der Waals surface area contributed by atoms with E-state index in [1.54, 1.807) is 23.1 Å². The molecule has 7 nitrogen and oxygen atoms in total. The molecule has 0 spiro atoms. The number of nitrogens with two attached hydrogens (primary N) is 1. The Kier molecular flexibility index (Phi) is 7.86. The number of rotatable bonds is 6. The Morgan fingerprint density at radius 3 is 2.56 bits per heavy atom. The van der Waals surface area contributed by atoms with Crippen molar-refractivity contribution in [1.29, 1.82) is 0 Å². The first-order valence-electron chi connectivity index (χ1n) is 8.12. The summed E-state index contributed by atoms with van der Waals surface area (Å²) in [5, 5.41) is 5.27. The van der Waals surface area contributed by atoms with Gasteiger partial charge in [-0.1, -0.05) is 26.0 Å². The van der Waals surface area contributed by atoms with Gasteiger partial charge in [0.1, 0.15) is 0 Å². The maximum atomic E-state index is 12.1. The van der Waals surface area contributed by atoms with Crippen LogP contribution in [0, 0.1) is 5.92 Å². The van der Waals surface area contributed by atoms with E-state index in [1.807, 2.05) is 19.9 Å². The van der Waals surface area contributed by atoms with Gasteiger partial charge in [0, 0.05) is 13.0 Å². The number of anilines is 2. The van der Waals surface area contributed by atoms with Crippen molar-refractivity contribution in [2.45, 2.75) is 32.7 Å². The molecule has 1 aromatic rings. The van der Waals surface area contributed by atoms with Crippen LogP contribution in [0.5, 0.6) is 0 Å². The molecule has 0 unspecified atom stereocenters. The molecular weight excluding hydrogens is 344 g/mol. The lowest BCUT2D eigenvalue weighted by molar-refractivity contribution is -0.125. The minimum Gasteiger partial charge on any atom is -0.346 e. The summed E-state index contributed by atoms with van der Waals surface area (Å²) in [4.78, 5) is 37.5. The van der Waals surface area contributed by atoms with E-state index in [4.69, 9.17) is 5.73 Å². The van der Waals surface area contributed by atoms with Crippen LogP contribution in [-0.2, 0) is 14.4 Å². The summed E-state index contributed by atoms with van der Waals surface area (Å²) in [6.07, 6.45) is 1.33. The Bertz CT molecular complexity index is 636. The number of nitrogens with one attached hydrogen (secondary N) is 2. The number of hydrogen-bond acceptors (Lipinski definition) is 4. The van der Waals surface area contributed by atoms with Gasteiger partial charge in [0.15, 0.2) is 0 Å². The highest BCUT2D eigenvalue weighted by atomic mass is 35.5. The van der Waals surface area contributed by atoms with Crippen LogP contribution in [0.2, 0.25) is 0 Å². The van der Waals surface area contributed by atoms with Crippen molar-refractivity contribution in [3.63, 3.8) is 0 Å². The standard InChI is InChI=1S/C17H24N4O3.ClH/c1-11(2)16(18)17(24)19-10-14(22)20-12-6-3-4-7-13(12)21-9-5-8-15(21)23;/h3-4,6-7,11,16H,5,8-10,18H2,1-2H3,(H,19,24)(H,20,22);1H/t16-;/m0./s1. The molecule has 1 atom stereocenters. The average Bonchev–Trinajstić information content (AvgIpc) is 2.98. The third-order valence-electron chi connectivity index (χ3n) is 3.99. The van der Waals surface area contributed by atoms with Crippen molar-refractivity contribution >= 4 is 41.5 Å². The summed E-state index contributed by atoms with van der Waals surface area (Å²) in [5.74, 6) is -0.676. The summed E-state index contributed by atoms with van der Waals surface area (Å²) in [5.41, 5.74) is 6.97. The maximum absolute atomic E-state index is 12.1. The van der Waals surface area contributed by atoms with E-state index in [1.165, 1.54) is 0 Å². The molecule has 1 fully saturated rings. The Balaban J connectivity index is 0.00000312. The molecule has 0 saturated carbocycles. The van der Waals surface area contributed by atoms with Crippen LogP contribution in [0.1, 0.15) is 26.7 Å². The second kappa shape index (κ2) is 9.39. The number of hydrogen-bond donors (Lipinski definition) is 3. The summed E-state index contributed by atoms with van der Waals surface area (Å²) in [6, 6.07) is 6.49. The fourth-order valence-corrected chi connectivity index (χ4v) is 2.50. The van der Waals surface area contributed by atoms with Crippen molar-refractivity contribution in [2.24, 2.45) is 11.7 Å². The van der Waals surface area contributed by atoms with E-state index in [2.05, 4.69) is 10.6 Å². The molecule has 3 amide bonds. The van der Waals surface area contributed by atoms with E-state index < -0.39 is 6.04 Å². The summed E-state index contributed by atoms with van der Waals surface area (Å²) >= 11 is 0. The SMILES string of the molecule is CC(C)[C@H](N)C(=O)NCC(=O)Nc1ccccc1N1CCCC1=O.Cl. The molecule has 1 aliphatic rings. The monoisotopic (exact) mass is 368 g/mol. The highest BCUT2D eigenvalue weighted by Crippen LogP contribution is 2.29. The van der Waals surface area contributed by atoms with Gasteiger partial charge in [0.2, 0.25) is 17.7 Å². The number of amides is 3. The predicted molar refractivity (Wildman–Crippen MR) is 99.7 cm³/mol. The lowest BCUT2D eigenvalue weighted by atomic mass is 10.1. The molecule has 0 aromatic heterocycles. The van der Waals surface area contributed by atoms with Crippen LogP contribution in [0.15, 0.2) is 24.3 Å². The molecule has 1 saturated heterocycles. The number of para-hydroxylation sites is 2. The highest BCUT2D eigenvalue weighted by Gasteiger charge is 2.24. The molecule has 0 radical (unpaired) electrons. The van der Waals surface area contributed by atoms with Gasteiger partial charge in [-0.15, -0.1) is 12.4 Å². The molecule has 1 heterocycles. The molecular formula is C17H25ClN4O3. The smallest absolute Gasteiger partial charge is 0.243 e. The second-order valence-corrected chi connectivity index (χ2v) is 6.20. The normalized spacial score (nSPS) is 14.9. The fraction of sp³-hybridized carbons (Fsp3) is 0.471. The van der Waals surface area contributed by atoms with E-state index in [0.717, 1.165) is 6.42 Å². The van der Waals surface area contributed by atoms with Crippen LogP contribution in [0.25, 0.3) is 0 Å². The molecule has 8 heteroatoms. The van der Waals surface area contributed by atoms with E-state index in [9.17, 15) is 14.4 Å². The van der Waals surface area contributed by atoms with Crippen molar-refractivity contribution < 1.29 is 14.4 Å². The number of carbonyl (C=O) groups excluding carboxylic acids is 3. The predicted octanol–water partition coefficient (Wildman–Crippen LogP) is 1.27. The largest absolute Gasteiger partial charge is 0.346 e. The van der Waals surface area contributed by atoms with Gasteiger partial charge in [-0.3, -0.25) is 14.4 Å². The molecule has 0 aliphatic carbocycles. The summed E-state index contributed by atoms with van der Waals surface area (Å²) in [7, 11) is 0. The van der Waals surface area contributed by atoms with Gasteiger partial charge in [-0.05, 0) is 24.5 Å². The minimum atomic E-state index is -0.646. The zero-order valence-corrected chi connectivity index (χ0v) is 15.3. The second-order valence-electron chi connectivity index (χ2n) is 6.20. The quantitative estimate of drug-likeness (QED) is 0.703. The summed E-state index contributed by atoms with van der Waals surface area (Å²) < 4.78 is 0. The van der Waals surface area contributed by atoms with Crippen LogP contribution < -0.4 is 21.3 Å². The number of halogens is 1. The van der Waals surface area contributed by atoms with Crippen molar-refractivity contribution in [1.82, 2.24) is 5.32 Å². The zero-order chi connectivity index (χ0) is 17.7. The van der Waals surface area contributed by atoms with Crippen molar-refractivity contribution in [3.8, 4) is 0 Å². The molecule has 0 bridgehead atoms. The molecule has 138 valence electrons. The fourth-order valence-electron chi connectivity index (χ4n) is 2.50. The third-order valence-corrected chi connectivity index (χ3v) is 3.99. The lowest BCUT2D eigenvalue weighted by Gasteiger charge is -2.20. The highest BCUT2D eigenvalue weighted by molar-refractivity contribution is 6.03. The van der Waals surface area contributed by atoms with Crippen LogP contribution in [0.3, 0.4) is 0 Å².